The molecule has 0 unspecified atom stereocenters. The van der Waals surface area contributed by atoms with Gasteiger partial charge in [0.25, 0.3) is 0 Å². The Morgan fingerprint density at radius 3 is 2.72 bits per heavy atom. The minimum absolute atomic E-state index is 0. The summed E-state index contributed by atoms with van der Waals surface area (Å²) < 4.78 is 0. The second-order valence-electron chi connectivity index (χ2n) is 2.99. The van der Waals surface area contributed by atoms with Gasteiger partial charge in [-0.3, -0.25) is 0 Å². The van der Waals surface area contributed by atoms with E-state index in [1.54, 1.807) is 18.2 Å². The molecule has 0 fully saturated rings. The standard InChI is InChI=1S/C11H12N2O2S.Cu.Na/c1-2-6-12-11(16)13-9-5-3-4-8(7-9)10(14)15;;/h2-5,7H,1,6H2,(H,14,15)(H2,12,13,16);;/q;2*+1/p-1. The molecule has 0 saturated carbocycles. The molecule has 94 valence electrons. The van der Waals surface area contributed by atoms with Crippen LogP contribution in [-0.4, -0.2) is 17.6 Å². The number of aromatic carboxylic acids is 1. The predicted octanol–water partition coefficient (Wildman–Crippen LogP) is -2.48. The van der Waals surface area contributed by atoms with E-state index < -0.39 is 5.97 Å². The van der Waals surface area contributed by atoms with E-state index in [0.717, 1.165) is 0 Å². The Morgan fingerprint density at radius 1 is 1.50 bits per heavy atom. The Kier molecular flexibility index (Phi) is 11.7. The summed E-state index contributed by atoms with van der Waals surface area (Å²) in [7, 11) is 0. The van der Waals surface area contributed by atoms with Crippen LogP contribution in [0.15, 0.2) is 36.9 Å². The molecule has 0 aromatic heterocycles. The van der Waals surface area contributed by atoms with Crippen molar-refractivity contribution in [2.24, 2.45) is 0 Å². The Hall–Kier alpha value is -0.361. The van der Waals surface area contributed by atoms with E-state index >= 15 is 0 Å². The quantitative estimate of drug-likeness (QED) is 0.365. The molecule has 0 aliphatic rings. The van der Waals surface area contributed by atoms with E-state index in [1.165, 1.54) is 12.1 Å². The summed E-state index contributed by atoms with van der Waals surface area (Å²) >= 11 is 4.98. The molecule has 0 atom stereocenters. The summed E-state index contributed by atoms with van der Waals surface area (Å²) in [5.74, 6) is -1.21. The van der Waals surface area contributed by atoms with Crippen molar-refractivity contribution in [1.29, 1.82) is 0 Å². The summed E-state index contributed by atoms with van der Waals surface area (Å²) in [6.45, 7) is 4.09. The van der Waals surface area contributed by atoms with Crippen LogP contribution < -0.4 is 45.3 Å². The monoisotopic (exact) mass is 321 g/mol. The summed E-state index contributed by atoms with van der Waals surface area (Å²) in [4.78, 5) is 10.6. The van der Waals surface area contributed by atoms with Crippen molar-refractivity contribution < 1.29 is 56.5 Å². The largest absolute Gasteiger partial charge is 1.00 e. The van der Waals surface area contributed by atoms with E-state index in [2.05, 4.69) is 17.2 Å². The average Bonchev–Trinajstić information content (AvgIpc) is 2.26. The second-order valence-corrected chi connectivity index (χ2v) is 3.40. The van der Waals surface area contributed by atoms with Crippen LogP contribution in [-0.2, 0) is 17.1 Å². The molecule has 0 aliphatic heterocycles. The van der Waals surface area contributed by atoms with Crippen LogP contribution >= 0.6 is 12.2 Å². The Balaban J connectivity index is 0. The topological polar surface area (TPSA) is 64.2 Å². The smallest absolute Gasteiger partial charge is 0.545 e. The first-order chi connectivity index (χ1) is 7.63. The second kappa shape index (κ2) is 10.6. The van der Waals surface area contributed by atoms with E-state index in [-0.39, 0.29) is 52.2 Å². The maximum absolute atomic E-state index is 10.6. The Morgan fingerprint density at radius 2 is 2.17 bits per heavy atom. The third-order valence-corrected chi connectivity index (χ3v) is 2.01. The number of carboxylic acid groups (broad SMARTS) is 1. The molecular weight excluding hydrogens is 311 g/mol. The molecule has 0 saturated heterocycles. The fourth-order valence-electron chi connectivity index (χ4n) is 1.06. The molecular formula is C11H11CuN2NaO2S+. The number of carbonyl (C=O) groups excluding carboxylic acids is 1. The number of hydrogen-bond acceptors (Lipinski definition) is 3. The Bertz CT molecular complexity index is 429. The number of hydrogen-bond donors (Lipinski definition) is 2. The minimum atomic E-state index is -1.21. The van der Waals surface area contributed by atoms with Crippen molar-refractivity contribution in [3.63, 3.8) is 0 Å². The zero-order chi connectivity index (χ0) is 12.0. The number of carbonyl (C=O) groups is 1. The maximum atomic E-state index is 10.6. The number of nitrogens with one attached hydrogen (secondary N) is 2. The molecule has 0 bridgehead atoms. The molecule has 18 heavy (non-hydrogen) atoms. The van der Waals surface area contributed by atoms with Crippen molar-refractivity contribution in [2.45, 2.75) is 0 Å². The van der Waals surface area contributed by atoms with Gasteiger partial charge in [-0.15, -0.1) is 6.58 Å². The van der Waals surface area contributed by atoms with Gasteiger partial charge in [-0.25, -0.2) is 0 Å². The fourth-order valence-corrected chi connectivity index (χ4v) is 1.27. The molecule has 0 amide bonds. The van der Waals surface area contributed by atoms with Gasteiger partial charge in [0.1, 0.15) is 0 Å². The van der Waals surface area contributed by atoms with Gasteiger partial charge in [0.05, 0.1) is 5.97 Å². The molecule has 1 rings (SSSR count). The summed E-state index contributed by atoms with van der Waals surface area (Å²) in [5, 5.41) is 16.7. The van der Waals surface area contributed by atoms with E-state index in [4.69, 9.17) is 12.2 Å². The van der Waals surface area contributed by atoms with Gasteiger partial charge in [0, 0.05) is 12.2 Å². The average molecular weight is 322 g/mol. The summed E-state index contributed by atoms with van der Waals surface area (Å²) in [6, 6.07) is 6.25. The normalized spacial score (nSPS) is 8.22. The minimum Gasteiger partial charge on any atom is -0.545 e. The Labute approximate surface area is 144 Å². The number of anilines is 1. The summed E-state index contributed by atoms with van der Waals surface area (Å²) in [5.41, 5.74) is 0.708. The predicted molar refractivity (Wildman–Crippen MR) is 65.2 cm³/mol. The number of thiocarbonyl (C=S) groups is 1. The van der Waals surface area contributed by atoms with Crippen molar-refractivity contribution in [1.82, 2.24) is 5.32 Å². The van der Waals surface area contributed by atoms with Gasteiger partial charge in [0.2, 0.25) is 0 Å². The van der Waals surface area contributed by atoms with Crippen LogP contribution in [0.4, 0.5) is 5.69 Å². The zero-order valence-electron chi connectivity index (χ0n) is 9.83. The third kappa shape index (κ3) is 7.16. The van der Waals surface area contributed by atoms with Gasteiger partial charge in [-0.1, -0.05) is 18.2 Å². The first kappa shape index (κ1) is 20.0. The van der Waals surface area contributed by atoms with Crippen molar-refractivity contribution in [3.05, 3.63) is 42.5 Å². The molecule has 1 aromatic carbocycles. The SMILES string of the molecule is C=CCNC(=S)Nc1cccc(C(=O)[O-])c1.[Cu+].[Na+]. The molecule has 2 N–H and O–H groups in total. The van der Waals surface area contributed by atoms with Gasteiger partial charge >= 0.3 is 46.6 Å². The van der Waals surface area contributed by atoms with E-state index in [1.807, 2.05) is 0 Å². The third-order valence-electron chi connectivity index (χ3n) is 1.76. The van der Waals surface area contributed by atoms with Gasteiger partial charge in [-0.2, -0.15) is 0 Å². The van der Waals surface area contributed by atoms with Crippen molar-refractivity contribution >= 4 is 29.0 Å². The van der Waals surface area contributed by atoms with Crippen LogP contribution in [0, 0.1) is 0 Å². The van der Waals surface area contributed by atoms with Crippen molar-refractivity contribution in [3.8, 4) is 0 Å². The molecule has 4 nitrogen and oxygen atoms in total. The molecule has 7 heteroatoms. The first-order valence-corrected chi connectivity index (χ1v) is 5.01. The van der Waals surface area contributed by atoms with Crippen LogP contribution in [0.25, 0.3) is 0 Å². The van der Waals surface area contributed by atoms with E-state index in [0.29, 0.717) is 17.3 Å². The number of carboxylic acids is 1. The van der Waals surface area contributed by atoms with Crippen LogP contribution in [0.3, 0.4) is 0 Å². The molecule has 0 aliphatic carbocycles. The van der Waals surface area contributed by atoms with E-state index in [9.17, 15) is 9.90 Å². The van der Waals surface area contributed by atoms with Gasteiger partial charge in [-0.05, 0) is 29.9 Å². The maximum Gasteiger partial charge on any atom is 1.00 e. The molecule has 1 aromatic rings. The van der Waals surface area contributed by atoms with Crippen LogP contribution in [0.2, 0.25) is 0 Å². The molecule has 0 radical (unpaired) electrons. The fraction of sp³-hybridized carbons (Fsp3) is 0.0909. The van der Waals surface area contributed by atoms with Gasteiger partial charge in [0.15, 0.2) is 5.11 Å². The zero-order valence-corrected chi connectivity index (χ0v) is 13.6. The number of benzene rings is 1. The van der Waals surface area contributed by atoms with Crippen LogP contribution in [0.5, 0.6) is 0 Å². The summed E-state index contributed by atoms with van der Waals surface area (Å²) in [6.07, 6.45) is 1.67. The number of rotatable bonds is 4. The van der Waals surface area contributed by atoms with Crippen LogP contribution in [0.1, 0.15) is 10.4 Å². The van der Waals surface area contributed by atoms with Crippen molar-refractivity contribution in [2.75, 3.05) is 11.9 Å². The molecule has 0 spiro atoms. The molecule has 0 heterocycles. The van der Waals surface area contributed by atoms with Gasteiger partial charge < -0.3 is 20.5 Å². The first-order valence-electron chi connectivity index (χ1n) is 4.60.